The molecule has 2 saturated heterocycles. The standard InChI is InChI=1S/C16H16FN3O2/c17-12-3-1-10(2-4-12)14-7-18-16(22-14)15(21)19-13-9-20-6-5-11(13)8-20/h1-4,7,11,13H,5-6,8-9H2,(H,19,21)/t11-,13?/m0/s1. The lowest BCUT2D eigenvalue weighted by Crippen LogP contribution is -2.43. The van der Waals surface area contributed by atoms with E-state index in [1.807, 2.05) is 0 Å². The van der Waals surface area contributed by atoms with Gasteiger partial charge in [-0.15, -0.1) is 0 Å². The second kappa shape index (κ2) is 5.21. The van der Waals surface area contributed by atoms with Crippen LogP contribution in [0.15, 0.2) is 34.9 Å². The summed E-state index contributed by atoms with van der Waals surface area (Å²) in [7, 11) is 0. The molecule has 22 heavy (non-hydrogen) atoms. The quantitative estimate of drug-likeness (QED) is 0.941. The summed E-state index contributed by atoms with van der Waals surface area (Å²) in [6.07, 6.45) is 2.63. The van der Waals surface area contributed by atoms with Gasteiger partial charge in [-0.3, -0.25) is 4.79 Å². The van der Waals surface area contributed by atoms with Crippen LogP contribution in [-0.4, -0.2) is 41.5 Å². The zero-order valence-corrected chi connectivity index (χ0v) is 12.0. The summed E-state index contributed by atoms with van der Waals surface area (Å²) < 4.78 is 18.4. The number of hydrogen-bond donors (Lipinski definition) is 1. The van der Waals surface area contributed by atoms with Gasteiger partial charge in [0.2, 0.25) is 0 Å². The van der Waals surface area contributed by atoms with Gasteiger partial charge >= 0.3 is 5.91 Å². The minimum atomic E-state index is -0.312. The Labute approximate surface area is 127 Å². The molecule has 2 aromatic rings. The summed E-state index contributed by atoms with van der Waals surface area (Å²) in [5, 5.41) is 3.00. The molecular weight excluding hydrogens is 285 g/mol. The number of rotatable bonds is 3. The molecule has 2 bridgehead atoms. The zero-order chi connectivity index (χ0) is 15.1. The zero-order valence-electron chi connectivity index (χ0n) is 12.0. The lowest BCUT2D eigenvalue weighted by atomic mass is 10.0. The Morgan fingerprint density at radius 1 is 1.32 bits per heavy atom. The molecule has 0 saturated carbocycles. The van der Waals surface area contributed by atoms with E-state index in [0.29, 0.717) is 17.2 Å². The molecule has 3 atom stereocenters. The maximum Gasteiger partial charge on any atom is 0.307 e. The topological polar surface area (TPSA) is 58.4 Å². The highest BCUT2D eigenvalue weighted by Crippen LogP contribution is 2.28. The van der Waals surface area contributed by atoms with Crippen LogP contribution in [0.3, 0.4) is 0 Å². The van der Waals surface area contributed by atoms with Gasteiger partial charge in [0, 0.05) is 24.7 Å². The molecule has 114 valence electrons. The van der Waals surface area contributed by atoms with Gasteiger partial charge in [-0.25, -0.2) is 9.37 Å². The number of aromatic nitrogens is 1. The summed E-state index contributed by atoms with van der Waals surface area (Å²) in [6, 6.07) is 6.08. The molecule has 2 unspecified atom stereocenters. The molecule has 0 spiro atoms. The van der Waals surface area contributed by atoms with E-state index in [9.17, 15) is 9.18 Å². The lowest BCUT2D eigenvalue weighted by Gasteiger charge is -2.22. The first kappa shape index (κ1) is 13.5. The summed E-state index contributed by atoms with van der Waals surface area (Å²) in [4.78, 5) is 18.6. The van der Waals surface area contributed by atoms with Gasteiger partial charge in [0.05, 0.1) is 6.20 Å². The molecule has 2 aliphatic heterocycles. The van der Waals surface area contributed by atoms with Crippen molar-refractivity contribution in [1.82, 2.24) is 15.2 Å². The summed E-state index contributed by atoms with van der Waals surface area (Å²) >= 11 is 0. The monoisotopic (exact) mass is 301 g/mol. The van der Waals surface area contributed by atoms with Crippen molar-refractivity contribution in [2.45, 2.75) is 12.5 Å². The van der Waals surface area contributed by atoms with Gasteiger partial charge in [-0.05, 0) is 43.1 Å². The van der Waals surface area contributed by atoms with Gasteiger partial charge in [0.1, 0.15) is 5.82 Å². The molecule has 1 amide bonds. The van der Waals surface area contributed by atoms with Crippen molar-refractivity contribution < 1.29 is 13.6 Å². The Kier molecular flexibility index (Phi) is 3.18. The molecule has 2 fully saturated rings. The van der Waals surface area contributed by atoms with E-state index < -0.39 is 0 Å². The number of nitrogens with one attached hydrogen (secondary N) is 1. The normalized spacial score (nSPS) is 26.3. The molecule has 0 aliphatic carbocycles. The van der Waals surface area contributed by atoms with Crippen LogP contribution >= 0.6 is 0 Å². The molecule has 0 radical (unpaired) electrons. The van der Waals surface area contributed by atoms with Gasteiger partial charge in [0.15, 0.2) is 5.76 Å². The first-order valence-corrected chi connectivity index (χ1v) is 7.44. The fraction of sp³-hybridized carbons (Fsp3) is 0.375. The fourth-order valence-corrected chi connectivity index (χ4v) is 3.30. The minimum absolute atomic E-state index is 0.0529. The Morgan fingerprint density at radius 2 is 2.14 bits per heavy atom. The molecule has 4 rings (SSSR count). The van der Waals surface area contributed by atoms with Gasteiger partial charge in [0.25, 0.3) is 5.89 Å². The van der Waals surface area contributed by atoms with E-state index in [0.717, 1.165) is 26.1 Å². The molecule has 1 aromatic carbocycles. The molecule has 2 aliphatic rings. The van der Waals surface area contributed by atoms with Crippen LogP contribution in [0.2, 0.25) is 0 Å². The average molecular weight is 301 g/mol. The van der Waals surface area contributed by atoms with Crippen molar-refractivity contribution in [1.29, 1.82) is 0 Å². The van der Waals surface area contributed by atoms with Crippen molar-refractivity contribution in [3.8, 4) is 11.3 Å². The van der Waals surface area contributed by atoms with Crippen molar-refractivity contribution >= 4 is 5.91 Å². The van der Waals surface area contributed by atoms with Crippen LogP contribution in [0.1, 0.15) is 17.1 Å². The number of halogens is 1. The van der Waals surface area contributed by atoms with Crippen molar-refractivity contribution in [2.24, 2.45) is 5.92 Å². The maximum atomic E-state index is 12.9. The molecule has 1 N–H and O–H groups in total. The minimum Gasteiger partial charge on any atom is -0.432 e. The number of amides is 1. The van der Waals surface area contributed by atoms with E-state index in [-0.39, 0.29) is 23.7 Å². The SMILES string of the molecule is O=C(NC1CN2CC[C@H]1C2)c1ncc(-c2ccc(F)cc2)o1. The highest BCUT2D eigenvalue weighted by atomic mass is 19.1. The largest absolute Gasteiger partial charge is 0.432 e. The molecule has 3 heterocycles. The molecule has 1 aromatic heterocycles. The second-order valence-corrected chi connectivity index (χ2v) is 5.92. The van der Waals surface area contributed by atoms with E-state index in [4.69, 9.17) is 4.42 Å². The van der Waals surface area contributed by atoms with Crippen molar-refractivity contribution in [3.05, 3.63) is 42.2 Å². The van der Waals surface area contributed by atoms with Crippen LogP contribution in [0.25, 0.3) is 11.3 Å². The summed E-state index contributed by atoms with van der Waals surface area (Å²) in [5.74, 6) is 0.453. The van der Waals surface area contributed by atoms with Crippen LogP contribution in [-0.2, 0) is 0 Å². The molecule has 5 nitrogen and oxygen atoms in total. The highest BCUT2D eigenvalue weighted by molar-refractivity contribution is 5.90. The number of carbonyl (C=O) groups excluding carboxylic acids is 1. The third-order valence-corrected chi connectivity index (χ3v) is 4.48. The van der Waals surface area contributed by atoms with Crippen LogP contribution in [0.5, 0.6) is 0 Å². The maximum absolute atomic E-state index is 12.9. The van der Waals surface area contributed by atoms with Crippen molar-refractivity contribution in [2.75, 3.05) is 19.6 Å². The van der Waals surface area contributed by atoms with Gasteiger partial charge in [-0.1, -0.05) is 0 Å². The lowest BCUT2D eigenvalue weighted by molar-refractivity contribution is 0.0890. The van der Waals surface area contributed by atoms with Gasteiger partial charge < -0.3 is 14.6 Å². The number of benzene rings is 1. The molecular formula is C16H16FN3O2. The smallest absolute Gasteiger partial charge is 0.307 e. The Bertz CT molecular complexity index is 698. The van der Waals surface area contributed by atoms with E-state index >= 15 is 0 Å². The van der Waals surface area contributed by atoms with Crippen molar-refractivity contribution in [3.63, 3.8) is 0 Å². The average Bonchev–Trinajstić information content (AvgIpc) is 3.24. The first-order chi connectivity index (χ1) is 10.7. The van der Waals surface area contributed by atoms with Gasteiger partial charge in [-0.2, -0.15) is 0 Å². The van der Waals surface area contributed by atoms with E-state index in [1.165, 1.54) is 18.3 Å². The third-order valence-electron chi connectivity index (χ3n) is 4.48. The Balaban J connectivity index is 1.46. The number of nitrogens with zero attached hydrogens (tertiary/aromatic N) is 2. The predicted octanol–water partition coefficient (Wildman–Crippen LogP) is 1.91. The Hall–Kier alpha value is -2.21. The number of fused-ring (bicyclic) bond motifs is 2. The number of oxazole rings is 1. The predicted molar refractivity (Wildman–Crippen MR) is 77.7 cm³/mol. The first-order valence-electron chi connectivity index (χ1n) is 7.44. The number of hydrogen-bond acceptors (Lipinski definition) is 4. The number of piperidine rings is 1. The highest BCUT2D eigenvalue weighted by Gasteiger charge is 2.39. The Morgan fingerprint density at radius 3 is 2.82 bits per heavy atom. The summed E-state index contributed by atoms with van der Waals surface area (Å²) in [5.41, 5.74) is 0.694. The van der Waals surface area contributed by atoms with Crippen LogP contribution < -0.4 is 5.32 Å². The number of carbonyl (C=O) groups is 1. The third kappa shape index (κ3) is 2.39. The van der Waals surface area contributed by atoms with E-state index in [2.05, 4.69) is 15.2 Å². The van der Waals surface area contributed by atoms with E-state index in [1.54, 1.807) is 12.1 Å². The molecule has 6 heteroatoms. The summed E-state index contributed by atoms with van der Waals surface area (Å²) in [6.45, 7) is 3.10. The van der Waals surface area contributed by atoms with Crippen LogP contribution in [0, 0.1) is 11.7 Å². The second-order valence-electron chi connectivity index (χ2n) is 5.92. The fourth-order valence-electron chi connectivity index (χ4n) is 3.30. The van der Waals surface area contributed by atoms with Crippen LogP contribution in [0.4, 0.5) is 4.39 Å².